The molecule has 0 aliphatic rings. The predicted molar refractivity (Wildman–Crippen MR) is 95.4 cm³/mol. The zero-order valence-corrected chi connectivity index (χ0v) is 14.3. The summed E-state index contributed by atoms with van der Waals surface area (Å²) in [5.74, 6) is 0.357. The number of benzene rings is 2. The molecule has 0 spiro atoms. The second-order valence-corrected chi connectivity index (χ2v) is 5.21. The minimum Gasteiger partial charge on any atom is -0.493 e. The van der Waals surface area contributed by atoms with Crippen LogP contribution in [0.15, 0.2) is 48.5 Å². The number of hydrogen-bond acceptors (Lipinski definition) is 4. The fourth-order valence-electron chi connectivity index (χ4n) is 2.18. The highest BCUT2D eigenvalue weighted by Crippen LogP contribution is 2.27. The lowest BCUT2D eigenvalue weighted by atomic mass is 10.1. The molecule has 0 aromatic heterocycles. The smallest absolute Gasteiger partial charge is 0.269 e. The molecule has 0 heterocycles. The largest absolute Gasteiger partial charge is 0.493 e. The van der Waals surface area contributed by atoms with Gasteiger partial charge in [0.05, 0.1) is 14.2 Å². The summed E-state index contributed by atoms with van der Waals surface area (Å²) in [6, 6.07) is 12.4. The third kappa shape index (κ3) is 4.84. The van der Waals surface area contributed by atoms with Gasteiger partial charge in [-0.05, 0) is 42.3 Å². The number of ether oxygens (including phenoxy) is 2. The van der Waals surface area contributed by atoms with Crippen LogP contribution in [0.2, 0.25) is 0 Å². The van der Waals surface area contributed by atoms with Gasteiger partial charge in [-0.2, -0.15) is 0 Å². The van der Waals surface area contributed by atoms with Gasteiger partial charge in [0.2, 0.25) is 0 Å². The van der Waals surface area contributed by atoms with Gasteiger partial charge in [-0.1, -0.05) is 24.3 Å². The van der Waals surface area contributed by atoms with Crippen molar-refractivity contribution < 1.29 is 19.1 Å². The van der Waals surface area contributed by atoms with Crippen molar-refractivity contribution >= 4 is 17.9 Å². The van der Waals surface area contributed by atoms with Crippen LogP contribution in [0.4, 0.5) is 0 Å². The Morgan fingerprint density at radius 3 is 2.36 bits per heavy atom. The van der Waals surface area contributed by atoms with E-state index in [0.29, 0.717) is 17.1 Å². The van der Waals surface area contributed by atoms with Crippen LogP contribution in [0.25, 0.3) is 6.08 Å². The second kappa shape index (κ2) is 8.54. The molecule has 0 radical (unpaired) electrons. The quantitative estimate of drug-likeness (QED) is 0.648. The maximum atomic E-state index is 12.0. The minimum atomic E-state index is -0.447. The molecule has 0 unspecified atom stereocenters. The molecular formula is C19H20N2O4. The molecule has 0 bridgehead atoms. The van der Waals surface area contributed by atoms with Crippen LogP contribution in [0.3, 0.4) is 0 Å². The molecule has 0 saturated carbocycles. The van der Waals surface area contributed by atoms with Crippen LogP contribution in [-0.4, -0.2) is 26.0 Å². The molecule has 6 nitrogen and oxygen atoms in total. The summed E-state index contributed by atoms with van der Waals surface area (Å²) >= 11 is 0. The Kier molecular flexibility index (Phi) is 6.17. The van der Waals surface area contributed by atoms with Crippen LogP contribution in [0, 0.1) is 6.92 Å². The van der Waals surface area contributed by atoms with E-state index in [0.717, 1.165) is 11.1 Å². The first-order valence-electron chi connectivity index (χ1n) is 7.61. The Labute approximate surface area is 146 Å². The van der Waals surface area contributed by atoms with E-state index in [1.165, 1.54) is 6.08 Å². The van der Waals surface area contributed by atoms with Gasteiger partial charge >= 0.3 is 0 Å². The molecule has 0 saturated heterocycles. The zero-order chi connectivity index (χ0) is 18.2. The number of hydrogen-bond donors (Lipinski definition) is 2. The standard InChI is InChI=1S/C19H20N2O4/c1-13-6-4-5-7-15(13)19(23)21-20-18(22)11-9-14-8-10-16(24-2)17(12-14)25-3/h4-12H,1-3H3,(H,20,22)(H,21,23). The van der Waals surface area contributed by atoms with Gasteiger partial charge in [-0.25, -0.2) is 0 Å². The van der Waals surface area contributed by atoms with Gasteiger partial charge in [-0.3, -0.25) is 20.4 Å². The van der Waals surface area contributed by atoms with Crippen molar-refractivity contribution in [2.45, 2.75) is 6.92 Å². The van der Waals surface area contributed by atoms with Crippen LogP contribution in [0.1, 0.15) is 21.5 Å². The van der Waals surface area contributed by atoms with Crippen molar-refractivity contribution in [3.63, 3.8) is 0 Å². The van der Waals surface area contributed by atoms with Gasteiger partial charge in [0.25, 0.3) is 11.8 Å². The summed E-state index contributed by atoms with van der Waals surface area (Å²) in [7, 11) is 3.09. The van der Waals surface area contributed by atoms with E-state index in [9.17, 15) is 9.59 Å². The highest BCUT2D eigenvalue weighted by Gasteiger charge is 2.08. The normalized spacial score (nSPS) is 10.4. The second-order valence-electron chi connectivity index (χ2n) is 5.21. The summed E-state index contributed by atoms with van der Waals surface area (Å²) in [5.41, 5.74) is 6.83. The van der Waals surface area contributed by atoms with Gasteiger partial charge in [0.1, 0.15) is 0 Å². The number of nitrogens with one attached hydrogen (secondary N) is 2. The lowest BCUT2D eigenvalue weighted by molar-refractivity contribution is -0.117. The minimum absolute atomic E-state index is 0.369. The molecule has 2 rings (SSSR count). The van der Waals surface area contributed by atoms with Crippen molar-refractivity contribution in [2.75, 3.05) is 14.2 Å². The van der Waals surface area contributed by atoms with Crippen LogP contribution < -0.4 is 20.3 Å². The fraction of sp³-hybridized carbons (Fsp3) is 0.158. The Bertz CT molecular complexity index is 800. The maximum Gasteiger partial charge on any atom is 0.269 e. The highest BCUT2D eigenvalue weighted by molar-refractivity contribution is 5.98. The van der Waals surface area contributed by atoms with E-state index in [-0.39, 0.29) is 5.91 Å². The lowest BCUT2D eigenvalue weighted by Gasteiger charge is -2.08. The van der Waals surface area contributed by atoms with Crippen molar-refractivity contribution in [3.8, 4) is 11.5 Å². The third-order valence-corrected chi connectivity index (χ3v) is 3.52. The van der Waals surface area contributed by atoms with E-state index in [1.54, 1.807) is 50.6 Å². The number of rotatable bonds is 5. The summed E-state index contributed by atoms with van der Waals surface area (Å²) in [5, 5.41) is 0. The monoisotopic (exact) mass is 340 g/mol. The molecule has 6 heteroatoms. The Balaban J connectivity index is 1.95. The Hall–Kier alpha value is -3.28. The molecule has 0 fully saturated rings. The van der Waals surface area contributed by atoms with Crippen molar-refractivity contribution in [1.29, 1.82) is 0 Å². The van der Waals surface area contributed by atoms with Crippen molar-refractivity contribution in [3.05, 3.63) is 65.2 Å². The van der Waals surface area contributed by atoms with E-state index in [2.05, 4.69) is 10.9 Å². The summed E-state index contributed by atoms with van der Waals surface area (Å²) < 4.78 is 10.4. The molecule has 25 heavy (non-hydrogen) atoms. The number of carbonyl (C=O) groups excluding carboxylic acids is 2. The summed E-state index contributed by atoms with van der Waals surface area (Å²) in [6.07, 6.45) is 2.93. The van der Waals surface area contributed by atoms with Crippen molar-refractivity contribution in [2.24, 2.45) is 0 Å². The molecule has 0 atom stereocenters. The average molecular weight is 340 g/mol. The molecule has 0 aliphatic heterocycles. The Morgan fingerprint density at radius 2 is 1.68 bits per heavy atom. The summed E-state index contributed by atoms with van der Waals surface area (Å²) in [4.78, 5) is 23.9. The zero-order valence-electron chi connectivity index (χ0n) is 14.3. The van der Waals surface area contributed by atoms with Crippen LogP contribution >= 0.6 is 0 Å². The molecule has 2 N–H and O–H groups in total. The SMILES string of the molecule is COc1ccc(C=CC(=O)NNC(=O)c2ccccc2C)cc1OC. The number of amides is 2. The first-order chi connectivity index (χ1) is 12.0. The molecular weight excluding hydrogens is 320 g/mol. The van der Waals surface area contributed by atoms with Gasteiger partial charge in [0, 0.05) is 11.6 Å². The number of aryl methyl sites for hydroxylation is 1. The van der Waals surface area contributed by atoms with Crippen LogP contribution in [-0.2, 0) is 4.79 Å². The third-order valence-electron chi connectivity index (χ3n) is 3.52. The lowest BCUT2D eigenvalue weighted by Crippen LogP contribution is -2.41. The first kappa shape index (κ1) is 18.1. The predicted octanol–water partition coefficient (Wildman–Crippen LogP) is 2.49. The van der Waals surface area contributed by atoms with E-state index in [1.807, 2.05) is 19.1 Å². The maximum absolute atomic E-state index is 12.0. The van der Waals surface area contributed by atoms with Crippen LogP contribution in [0.5, 0.6) is 11.5 Å². The van der Waals surface area contributed by atoms with Gasteiger partial charge in [0.15, 0.2) is 11.5 Å². The van der Waals surface area contributed by atoms with E-state index >= 15 is 0 Å². The molecule has 130 valence electrons. The topological polar surface area (TPSA) is 76.7 Å². The summed E-state index contributed by atoms with van der Waals surface area (Å²) in [6.45, 7) is 1.83. The molecule has 2 aromatic rings. The highest BCUT2D eigenvalue weighted by atomic mass is 16.5. The fourth-order valence-corrected chi connectivity index (χ4v) is 2.18. The van der Waals surface area contributed by atoms with E-state index in [4.69, 9.17) is 9.47 Å². The Morgan fingerprint density at radius 1 is 0.960 bits per heavy atom. The number of carbonyl (C=O) groups is 2. The van der Waals surface area contributed by atoms with Crippen molar-refractivity contribution in [1.82, 2.24) is 10.9 Å². The van der Waals surface area contributed by atoms with E-state index < -0.39 is 5.91 Å². The molecule has 2 aromatic carbocycles. The van der Waals surface area contributed by atoms with Gasteiger partial charge in [-0.15, -0.1) is 0 Å². The number of methoxy groups -OCH3 is 2. The molecule has 2 amide bonds. The van der Waals surface area contributed by atoms with Gasteiger partial charge < -0.3 is 9.47 Å². The molecule has 0 aliphatic carbocycles. The average Bonchev–Trinajstić information content (AvgIpc) is 2.64. The number of hydrazine groups is 1. The first-order valence-corrected chi connectivity index (χ1v) is 7.61.